The van der Waals surface area contributed by atoms with E-state index in [9.17, 15) is 9.59 Å². The van der Waals surface area contributed by atoms with E-state index < -0.39 is 0 Å². The molecule has 1 saturated heterocycles. The molecule has 0 atom stereocenters. The molecule has 2 amide bonds. The van der Waals surface area contributed by atoms with Crippen LogP contribution in [0.25, 0.3) is 0 Å². The molecule has 5 aliphatic rings. The lowest BCUT2D eigenvalue weighted by Crippen LogP contribution is -2.54. The van der Waals surface area contributed by atoms with E-state index in [0.717, 1.165) is 69.5 Å². The highest BCUT2D eigenvalue weighted by molar-refractivity contribution is 5.94. The van der Waals surface area contributed by atoms with Crippen molar-refractivity contribution in [3.05, 3.63) is 30.1 Å². The number of carbonyl (C=O) groups excluding carboxylic acids is 2. The van der Waals surface area contributed by atoms with E-state index in [2.05, 4.69) is 10.3 Å². The third kappa shape index (κ3) is 3.33. The predicted molar refractivity (Wildman–Crippen MR) is 106 cm³/mol. The summed E-state index contributed by atoms with van der Waals surface area (Å²) in [4.78, 5) is 31.6. The maximum atomic E-state index is 13.1. The quantitative estimate of drug-likeness (QED) is 0.871. The molecule has 1 aromatic rings. The molecule has 6 rings (SSSR count). The summed E-state index contributed by atoms with van der Waals surface area (Å²) in [5, 5.41) is 3.33. The van der Waals surface area contributed by atoms with Gasteiger partial charge in [-0.05, 0) is 87.2 Å². The third-order valence-electron chi connectivity index (χ3n) is 7.90. The van der Waals surface area contributed by atoms with Crippen LogP contribution in [0.4, 0.5) is 0 Å². The number of hydrogen-bond acceptors (Lipinski definition) is 3. The molecule has 150 valence electrons. The summed E-state index contributed by atoms with van der Waals surface area (Å²) in [6.45, 7) is 2.33. The van der Waals surface area contributed by atoms with Crippen LogP contribution in [-0.4, -0.2) is 41.3 Å². The van der Waals surface area contributed by atoms with Gasteiger partial charge < -0.3 is 10.2 Å². The molecule has 4 saturated carbocycles. The first-order valence-electron chi connectivity index (χ1n) is 11.1. The highest BCUT2D eigenvalue weighted by atomic mass is 16.2. The van der Waals surface area contributed by atoms with E-state index in [1.807, 2.05) is 4.90 Å². The summed E-state index contributed by atoms with van der Waals surface area (Å²) in [5.41, 5.74) is 0.663. The van der Waals surface area contributed by atoms with E-state index in [1.165, 1.54) is 19.3 Å². The Balaban J connectivity index is 1.12. The zero-order chi connectivity index (χ0) is 19.1. The monoisotopic (exact) mass is 381 g/mol. The molecule has 1 aliphatic heterocycles. The minimum Gasteiger partial charge on any atom is -0.355 e. The lowest BCUT2D eigenvalue weighted by molar-refractivity contribution is -0.146. The fraction of sp³-hybridized carbons (Fsp3) is 0.696. The number of nitrogens with zero attached hydrogens (tertiary/aromatic N) is 2. The van der Waals surface area contributed by atoms with Crippen molar-refractivity contribution in [3.8, 4) is 0 Å². The van der Waals surface area contributed by atoms with Gasteiger partial charge in [0.15, 0.2) is 0 Å². The molecule has 0 aromatic carbocycles. The Kier molecular flexibility index (Phi) is 4.64. The summed E-state index contributed by atoms with van der Waals surface area (Å²) in [6.07, 6.45) is 12.8. The van der Waals surface area contributed by atoms with Crippen LogP contribution in [0.2, 0.25) is 0 Å². The molecule has 28 heavy (non-hydrogen) atoms. The van der Waals surface area contributed by atoms with Gasteiger partial charge >= 0.3 is 0 Å². The molecule has 4 aliphatic carbocycles. The van der Waals surface area contributed by atoms with Gasteiger partial charge in [-0.25, -0.2) is 0 Å². The summed E-state index contributed by atoms with van der Waals surface area (Å²) in [7, 11) is 0. The Morgan fingerprint density at radius 1 is 1.00 bits per heavy atom. The maximum Gasteiger partial charge on any atom is 0.253 e. The van der Waals surface area contributed by atoms with Crippen molar-refractivity contribution in [3.63, 3.8) is 0 Å². The molecular weight excluding hydrogens is 350 g/mol. The van der Waals surface area contributed by atoms with Gasteiger partial charge in [0.1, 0.15) is 0 Å². The van der Waals surface area contributed by atoms with Crippen LogP contribution >= 0.6 is 0 Å². The van der Waals surface area contributed by atoms with Crippen molar-refractivity contribution in [2.45, 2.75) is 51.4 Å². The lowest BCUT2D eigenvalue weighted by atomic mass is 9.49. The highest BCUT2D eigenvalue weighted by Crippen LogP contribution is 2.60. The second kappa shape index (κ2) is 7.16. The number of rotatable bonds is 4. The number of piperidine rings is 1. The molecule has 1 aromatic heterocycles. The number of nitrogens with one attached hydrogen (secondary N) is 1. The number of hydrogen-bond donors (Lipinski definition) is 1. The third-order valence-corrected chi connectivity index (χ3v) is 7.90. The molecule has 5 nitrogen and oxygen atoms in total. The van der Waals surface area contributed by atoms with E-state index in [0.29, 0.717) is 17.4 Å². The topological polar surface area (TPSA) is 62.3 Å². The summed E-state index contributed by atoms with van der Waals surface area (Å²) in [6, 6.07) is 3.56. The fourth-order valence-corrected chi connectivity index (χ4v) is 6.83. The van der Waals surface area contributed by atoms with E-state index >= 15 is 0 Å². The standard InChI is InChI=1S/C23H31N3O2/c27-21(20-1-5-24-6-2-20)26-7-3-16(4-8-26)15-25-22(28)23-12-17-9-18(13-23)11-19(10-17)14-23/h1-2,5-6,16-19H,3-4,7-15H2,(H,25,28). The average molecular weight is 382 g/mol. The average Bonchev–Trinajstić information content (AvgIpc) is 2.71. The number of likely N-dealkylation sites (tertiary alicyclic amines) is 1. The van der Waals surface area contributed by atoms with E-state index in [1.54, 1.807) is 24.5 Å². The van der Waals surface area contributed by atoms with Crippen LogP contribution in [0.15, 0.2) is 24.5 Å². The smallest absolute Gasteiger partial charge is 0.253 e. The molecule has 5 fully saturated rings. The number of amides is 2. The Morgan fingerprint density at radius 3 is 2.14 bits per heavy atom. The summed E-state index contributed by atoms with van der Waals surface area (Å²) < 4.78 is 0. The summed E-state index contributed by atoms with van der Waals surface area (Å²) >= 11 is 0. The largest absolute Gasteiger partial charge is 0.355 e. The highest BCUT2D eigenvalue weighted by Gasteiger charge is 2.54. The molecule has 5 heteroatoms. The Morgan fingerprint density at radius 2 is 1.57 bits per heavy atom. The Hall–Kier alpha value is -1.91. The van der Waals surface area contributed by atoms with Crippen LogP contribution in [0.3, 0.4) is 0 Å². The predicted octanol–water partition coefficient (Wildman–Crippen LogP) is 3.27. The first-order valence-corrected chi connectivity index (χ1v) is 11.1. The van der Waals surface area contributed by atoms with E-state index in [4.69, 9.17) is 0 Å². The van der Waals surface area contributed by atoms with Gasteiger partial charge in [-0.1, -0.05) is 0 Å². The minimum absolute atomic E-state index is 0.0488. The zero-order valence-corrected chi connectivity index (χ0v) is 16.6. The van der Waals surface area contributed by atoms with Gasteiger partial charge in [0, 0.05) is 43.0 Å². The van der Waals surface area contributed by atoms with Crippen molar-refractivity contribution >= 4 is 11.8 Å². The fourth-order valence-electron chi connectivity index (χ4n) is 6.83. The van der Waals surface area contributed by atoms with E-state index in [-0.39, 0.29) is 11.3 Å². The molecule has 2 heterocycles. The van der Waals surface area contributed by atoms with Gasteiger partial charge in [-0.3, -0.25) is 14.6 Å². The first kappa shape index (κ1) is 18.1. The Labute approximate surface area is 167 Å². The summed E-state index contributed by atoms with van der Waals surface area (Å²) in [5.74, 6) is 3.33. The van der Waals surface area contributed by atoms with Crippen molar-refractivity contribution in [1.82, 2.24) is 15.2 Å². The van der Waals surface area contributed by atoms with Gasteiger partial charge in [-0.15, -0.1) is 0 Å². The Bertz CT molecular complexity index is 704. The van der Waals surface area contributed by atoms with Crippen LogP contribution in [0, 0.1) is 29.1 Å². The van der Waals surface area contributed by atoms with Crippen LogP contribution in [0.1, 0.15) is 61.7 Å². The maximum absolute atomic E-state index is 13.1. The second-order valence-corrected chi connectivity index (χ2v) is 9.88. The van der Waals surface area contributed by atoms with Crippen molar-refractivity contribution < 1.29 is 9.59 Å². The lowest BCUT2D eigenvalue weighted by Gasteiger charge is -2.55. The second-order valence-electron chi connectivity index (χ2n) is 9.88. The normalized spacial score (nSPS) is 34.4. The number of pyridine rings is 1. The van der Waals surface area contributed by atoms with Crippen molar-refractivity contribution in [2.24, 2.45) is 29.1 Å². The van der Waals surface area contributed by atoms with Crippen molar-refractivity contribution in [1.29, 1.82) is 0 Å². The molecule has 0 radical (unpaired) electrons. The van der Waals surface area contributed by atoms with Crippen LogP contribution in [-0.2, 0) is 4.79 Å². The zero-order valence-electron chi connectivity index (χ0n) is 16.6. The SMILES string of the molecule is O=C(c1ccncc1)N1CCC(CNC(=O)C23CC4CC(CC(C4)C2)C3)CC1. The van der Waals surface area contributed by atoms with Gasteiger partial charge in [0.25, 0.3) is 5.91 Å². The number of aromatic nitrogens is 1. The van der Waals surface area contributed by atoms with Crippen LogP contribution < -0.4 is 5.32 Å². The molecule has 4 bridgehead atoms. The first-order chi connectivity index (χ1) is 13.6. The minimum atomic E-state index is -0.0488. The van der Waals surface area contributed by atoms with Crippen LogP contribution in [0.5, 0.6) is 0 Å². The van der Waals surface area contributed by atoms with Crippen molar-refractivity contribution in [2.75, 3.05) is 19.6 Å². The molecule has 1 N–H and O–H groups in total. The van der Waals surface area contributed by atoms with Gasteiger partial charge in [0.05, 0.1) is 0 Å². The van der Waals surface area contributed by atoms with Gasteiger partial charge in [0.2, 0.25) is 5.91 Å². The molecule has 0 unspecified atom stereocenters. The van der Waals surface area contributed by atoms with Gasteiger partial charge in [-0.2, -0.15) is 0 Å². The molecular formula is C23H31N3O2. The number of carbonyl (C=O) groups is 2. The molecule has 0 spiro atoms.